The van der Waals surface area contributed by atoms with Gasteiger partial charge in [0.1, 0.15) is 23.6 Å². The van der Waals surface area contributed by atoms with Crippen LogP contribution < -0.4 is 4.90 Å². The molecule has 2 aromatic heterocycles. The monoisotopic (exact) mass is 298 g/mol. The van der Waals surface area contributed by atoms with Crippen molar-refractivity contribution in [1.82, 2.24) is 15.0 Å². The smallest absolute Gasteiger partial charge is 0.143 e. The number of rotatable bonds is 2. The van der Waals surface area contributed by atoms with E-state index < -0.39 is 0 Å². The Balaban J connectivity index is 1.91. The first kappa shape index (κ1) is 13.2. The Morgan fingerprint density at radius 1 is 1.09 bits per heavy atom. The van der Waals surface area contributed by atoms with E-state index in [4.69, 9.17) is 4.74 Å². The van der Waals surface area contributed by atoms with E-state index in [-0.39, 0.29) is 5.82 Å². The summed E-state index contributed by atoms with van der Waals surface area (Å²) in [5.41, 5.74) is 2.06. The van der Waals surface area contributed by atoms with E-state index in [0.717, 1.165) is 35.5 Å². The van der Waals surface area contributed by atoms with Gasteiger partial charge in [0.05, 0.1) is 18.6 Å². The number of fused-ring (bicyclic) bond motifs is 1. The highest BCUT2D eigenvalue weighted by molar-refractivity contribution is 6.01. The molecular weight excluding hydrogens is 283 g/mol. The second-order valence-electron chi connectivity index (χ2n) is 5.20. The van der Waals surface area contributed by atoms with Crippen LogP contribution in [0.2, 0.25) is 0 Å². The van der Waals surface area contributed by atoms with Crippen molar-refractivity contribution in [1.29, 1.82) is 0 Å². The predicted octanol–water partition coefficient (Wildman–Crippen LogP) is 2.60. The van der Waals surface area contributed by atoms with E-state index in [2.05, 4.69) is 19.9 Å². The molecule has 0 atom stereocenters. The zero-order valence-electron chi connectivity index (χ0n) is 11.9. The molecule has 1 aliphatic heterocycles. The van der Waals surface area contributed by atoms with Crippen molar-refractivity contribution >= 4 is 16.9 Å². The van der Waals surface area contributed by atoms with Gasteiger partial charge >= 0.3 is 0 Å². The molecule has 1 saturated heterocycles. The Bertz CT molecular complexity index is 811. The third-order valence-electron chi connectivity index (χ3n) is 3.92. The number of aromatic nitrogens is 3. The average molecular weight is 298 g/mol. The summed E-state index contributed by atoms with van der Waals surface area (Å²) >= 11 is 0. The summed E-state index contributed by atoms with van der Waals surface area (Å²) in [4.78, 5) is 14.0. The van der Waals surface area contributed by atoms with Crippen LogP contribution in [0.5, 0.6) is 0 Å². The number of aromatic amines is 1. The Hall–Kier alpha value is -2.47. The number of benzene rings is 1. The van der Waals surface area contributed by atoms with Crippen LogP contribution >= 0.6 is 0 Å². The number of ether oxygens (including phenoxy) is 1. The summed E-state index contributed by atoms with van der Waals surface area (Å²) in [6, 6.07) is 6.75. The number of hydrogen-bond donors (Lipinski definition) is 1. The van der Waals surface area contributed by atoms with Crippen molar-refractivity contribution in [3.8, 4) is 11.1 Å². The van der Waals surface area contributed by atoms with Gasteiger partial charge in [-0.2, -0.15) is 0 Å². The van der Waals surface area contributed by atoms with Crippen LogP contribution in [0, 0.1) is 5.82 Å². The first-order chi connectivity index (χ1) is 10.8. The lowest BCUT2D eigenvalue weighted by Gasteiger charge is -2.28. The number of hydrogen-bond acceptors (Lipinski definition) is 4. The molecule has 0 aliphatic carbocycles. The number of H-pyrrole nitrogens is 1. The van der Waals surface area contributed by atoms with Gasteiger partial charge in [0.2, 0.25) is 0 Å². The van der Waals surface area contributed by atoms with E-state index in [1.165, 1.54) is 12.4 Å². The van der Waals surface area contributed by atoms with Crippen molar-refractivity contribution in [2.24, 2.45) is 0 Å². The normalized spacial score (nSPS) is 15.4. The lowest BCUT2D eigenvalue weighted by Crippen LogP contribution is -2.36. The molecule has 0 bridgehead atoms. The lowest BCUT2D eigenvalue weighted by molar-refractivity contribution is 0.122. The van der Waals surface area contributed by atoms with Crippen LogP contribution in [-0.2, 0) is 4.74 Å². The average Bonchev–Trinajstić information content (AvgIpc) is 3.00. The molecule has 4 rings (SSSR count). The van der Waals surface area contributed by atoms with E-state index in [0.29, 0.717) is 18.8 Å². The van der Waals surface area contributed by atoms with E-state index in [1.54, 1.807) is 18.3 Å². The molecule has 0 spiro atoms. The van der Waals surface area contributed by atoms with E-state index in [9.17, 15) is 4.39 Å². The Morgan fingerprint density at radius 3 is 2.73 bits per heavy atom. The highest BCUT2D eigenvalue weighted by atomic mass is 19.1. The third-order valence-corrected chi connectivity index (χ3v) is 3.92. The van der Waals surface area contributed by atoms with Gasteiger partial charge in [-0.25, -0.2) is 14.4 Å². The maximum Gasteiger partial charge on any atom is 0.143 e. The molecular formula is C16H15FN4O. The number of halogens is 1. The second-order valence-corrected chi connectivity index (χ2v) is 5.20. The van der Waals surface area contributed by atoms with Gasteiger partial charge in [-0.15, -0.1) is 0 Å². The van der Waals surface area contributed by atoms with Gasteiger partial charge < -0.3 is 14.6 Å². The summed E-state index contributed by atoms with van der Waals surface area (Å²) < 4.78 is 19.6. The number of nitrogens with one attached hydrogen (secondary N) is 1. The molecule has 0 radical (unpaired) electrons. The molecule has 112 valence electrons. The standard InChI is InChI=1S/C16H15FN4O/c17-13-4-2-1-3-11(13)12-9-18-15-14(12)16(20-10-19-15)21-5-7-22-8-6-21/h1-4,9-10H,5-8H2,(H,18,19,20). The number of anilines is 1. The minimum atomic E-state index is -0.250. The van der Waals surface area contributed by atoms with Gasteiger partial charge in [0.15, 0.2) is 0 Å². The topological polar surface area (TPSA) is 54.0 Å². The third kappa shape index (κ3) is 2.12. The van der Waals surface area contributed by atoms with E-state index >= 15 is 0 Å². The van der Waals surface area contributed by atoms with Crippen molar-refractivity contribution in [2.75, 3.05) is 31.2 Å². The zero-order chi connectivity index (χ0) is 14.9. The molecule has 0 unspecified atom stereocenters. The molecule has 22 heavy (non-hydrogen) atoms. The minimum absolute atomic E-state index is 0.250. The molecule has 0 amide bonds. The van der Waals surface area contributed by atoms with Crippen LogP contribution in [-0.4, -0.2) is 41.3 Å². The predicted molar refractivity (Wildman–Crippen MR) is 82.3 cm³/mol. The Morgan fingerprint density at radius 2 is 1.91 bits per heavy atom. The Labute approximate surface area is 126 Å². The number of nitrogens with zero attached hydrogens (tertiary/aromatic N) is 3. The fraction of sp³-hybridized carbons (Fsp3) is 0.250. The zero-order valence-corrected chi connectivity index (χ0v) is 11.9. The molecule has 1 aliphatic rings. The van der Waals surface area contributed by atoms with Gasteiger partial charge in [0, 0.05) is 30.4 Å². The fourth-order valence-corrected chi connectivity index (χ4v) is 2.85. The van der Waals surface area contributed by atoms with Crippen molar-refractivity contribution < 1.29 is 9.13 Å². The minimum Gasteiger partial charge on any atom is -0.378 e. The second kappa shape index (κ2) is 5.38. The van der Waals surface area contributed by atoms with Crippen molar-refractivity contribution in [2.45, 2.75) is 0 Å². The molecule has 1 N–H and O–H groups in total. The van der Waals surface area contributed by atoms with Gasteiger partial charge in [0.25, 0.3) is 0 Å². The number of morpholine rings is 1. The molecule has 3 heterocycles. The summed E-state index contributed by atoms with van der Waals surface area (Å²) in [5, 5.41) is 0.856. The van der Waals surface area contributed by atoms with Gasteiger partial charge in [-0.05, 0) is 6.07 Å². The first-order valence-corrected chi connectivity index (χ1v) is 7.24. The Kier molecular flexibility index (Phi) is 3.23. The largest absolute Gasteiger partial charge is 0.378 e. The lowest BCUT2D eigenvalue weighted by atomic mass is 10.1. The summed E-state index contributed by atoms with van der Waals surface area (Å²) in [5.74, 6) is 0.577. The van der Waals surface area contributed by atoms with E-state index in [1.807, 2.05) is 6.07 Å². The maximum absolute atomic E-state index is 14.2. The fourth-order valence-electron chi connectivity index (χ4n) is 2.85. The van der Waals surface area contributed by atoms with Gasteiger partial charge in [-0.1, -0.05) is 18.2 Å². The van der Waals surface area contributed by atoms with Crippen molar-refractivity contribution in [3.05, 3.63) is 42.6 Å². The summed E-state index contributed by atoms with van der Waals surface area (Å²) in [6.07, 6.45) is 3.33. The maximum atomic E-state index is 14.2. The highest BCUT2D eigenvalue weighted by Gasteiger charge is 2.20. The van der Waals surface area contributed by atoms with Crippen molar-refractivity contribution in [3.63, 3.8) is 0 Å². The highest BCUT2D eigenvalue weighted by Crippen LogP contribution is 2.34. The van der Waals surface area contributed by atoms with Gasteiger partial charge in [-0.3, -0.25) is 0 Å². The molecule has 1 aromatic carbocycles. The van der Waals surface area contributed by atoms with Crippen LogP contribution in [0.4, 0.5) is 10.2 Å². The molecule has 6 heteroatoms. The quantitative estimate of drug-likeness (QED) is 0.790. The van der Waals surface area contributed by atoms with Crippen LogP contribution in [0.15, 0.2) is 36.8 Å². The molecule has 0 saturated carbocycles. The SMILES string of the molecule is Fc1ccccc1-c1c[nH]c2ncnc(N3CCOCC3)c12. The molecule has 3 aromatic rings. The van der Waals surface area contributed by atoms with Crippen LogP contribution in [0.1, 0.15) is 0 Å². The molecule has 5 nitrogen and oxygen atoms in total. The molecule has 1 fully saturated rings. The first-order valence-electron chi connectivity index (χ1n) is 7.24. The summed E-state index contributed by atoms with van der Waals surface area (Å²) in [7, 11) is 0. The van der Waals surface area contributed by atoms with Crippen LogP contribution in [0.3, 0.4) is 0 Å². The summed E-state index contributed by atoms with van der Waals surface area (Å²) in [6.45, 7) is 2.89. The van der Waals surface area contributed by atoms with Crippen LogP contribution in [0.25, 0.3) is 22.2 Å².